The SMILES string of the molecule is Cc1ccc(Oc2cccc(C=C3CCC(CC(=O)c4cnc(Cl)c(N)c4)CC3)c2)nc1. The second-order valence-electron chi connectivity index (χ2n) is 8.33. The van der Waals surface area contributed by atoms with Crippen molar-refractivity contribution in [1.29, 1.82) is 0 Å². The second kappa shape index (κ2) is 9.96. The summed E-state index contributed by atoms with van der Waals surface area (Å²) in [5, 5.41) is 0.235. The minimum Gasteiger partial charge on any atom is -0.439 e. The fourth-order valence-electron chi connectivity index (χ4n) is 3.93. The first kappa shape index (κ1) is 22.0. The van der Waals surface area contributed by atoms with Gasteiger partial charge in [0.15, 0.2) is 10.9 Å². The highest BCUT2D eigenvalue weighted by atomic mass is 35.5. The lowest BCUT2D eigenvalue weighted by Gasteiger charge is -2.23. The predicted octanol–water partition coefficient (Wildman–Crippen LogP) is 6.66. The molecule has 0 saturated heterocycles. The maximum Gasteiger partial charge on any atom is 0.219 e. The van der Waals surface area contributed by atoms with Crippen molar-refractivity contribution >= 4 is 29.1 Å². The average Bonchev–Trinajstić information content (AvgIpc) is 2.79. The van der Waals surface area contributed by atoms with Crippen LogP contribution < -0.4 is 10.5 Å². The first-order valence-corrected chi connectivity index (χ1v) is 11.2. The Balaban J connectivity index is 1.33. The number of benzene rings is 1. The molecule has 0 aliphatic heterocycles. The van der Waals surface area contributed by atoms with Crippen LogP contribution in [0.2, 0.25) is 5.15 Å². The molecule has 0 atom stereocenters. The normalized spacial score (nSPS) is 15.9. The number of halogens is 1. The van der Waals surface area contributed by atoms with E-state index in [4.69, 9.17) is 22.1 Å². The molecule has 1 aliphatic rings. The minimum absolute atomic E-state index is 0.0767. The van der Waals surface area contributed by atoms with Gasteiger partial charge in [-0.2, -0.15) is 0 Å². The van der Waals surface area contributed by atoms with E-state index in [0.717, 1.165) is 42.6 Å². The topological polar surface area (TPSA) is 78.1 Å². The van der Waals surface area contributed by atoms with Crippen molar-refractivity contribution in [1.82, 2.24) is 9.97 Å². The molecule has 1 aromatic carbocycles. The number of nitrogen functional groups attached to an aromatic ring is 1. The Morgan fingerprint density at radius 1 is 1.16 bits per heavy atom. The third-order valence-corrected chi connectivity index (χ3v) is 6.06. The summed E-state index contributed by atoms with van der Waals surface area (Å²) in [6.07, 6.45) is 10.0. The number of allylic oxidation sites excluding steroid dienone is 1. The van der Waals surface area contributed by atoms with Crippen LogP contribution in [-0.2, 0) is 0 Å². The van der Waals surface area contributed by atoms with E-state index < -0.39 is 0 Å². The monoisotopic (exact) mass is 447 g/mol. The number of aromatic nitrogens is 2. The molecule has 4 rings (SSSR count). The van der Waals surface area contributed by atoms with Crippen LogP contribution in [-0.4, -0.2) is 15.8 Å². The summed E-state index contributed by atoms with van der Waals surface area (Å²) >= 11 is 5.85. The first-order chi connectivity index (χ1) is 15.5. The molecule has 5 nitrogen and oxygen atoms in total. The van der Waals surface area contributed by atoms with Crippen molar-refractivity contribution in [3.8, 4) is 11.6 Å². The Kier molecular flexibility index (Phi) is 6.86. The maximum absolute atomic E-state index is 12.6. The van der Waals surface area contributed by atoms with Gasteiger partial charge in [0.25, 0.3) is 0 Å². The number of anilines is 1. The van der Waals surface area contributed by atoms with E-state index >= 15 is 0 Å². The molecule has 2 N–H and O–H groups in total. The molecule has 1 saturated carbocycles. The Bertz CT molecular complexity index is 1130. The minimum atomic E-state index is 0.0767. The molecule has 6 heteroatoms. The molecule has 3 aromatic rings. The van der Waals surface area contributed by atoms with Gasteiger partial charge in [0, 0.05) is 30.4 Å². The number of carbonyl (C=O) groups is 1. The zero-order valence-corrected chi connectivity index (χ0v) is 18.8. The zero-order valence-electron chi connectivity index (χ0n) is 18.1. The van der Waals surface area contributed by atoms with Crippen molar-refractivity contribution in [2.45, 2.75) is 39.0 Å². The van der Waals surface area contributed by atoms with Crippen molar-refractivity contribution in [3.63, 3.8) is 0 Å². The van der Waals surface area contributed by atoms with E-state index in [1.807, 2.05) is 37.3 Å². The summed E-state index contributed by atoms with van der Waals surface area (Å²) < 4.78 is 5.88. The Morgan fingerprint density at radius 2 is 1.97 bits per heavy atom. The number of nitrogens with two attached hydrogens (primary N) is 1. The zero-order chi connectivity index (χ0) is 22.5. The van der Waals surface area contributed by atoms with E-state index in [1.54, 1.807) is 12.3 Å². The van der Waals surface area contributed by atoms with Crippen LogP contribution in [0.4, 0.5) is 5.69 Å². The molecule has 0 bridgehead atoms. The third kappa shape index (κ3) is 5.74. The van der Waals surface area contributed by atoms with Gasteiger partial charge in [0.05, 0.1) is 5.69 Å². The summed E-state index contributed by atoms with van der Waals surface area (Å²) in [4.78, 5) is 20.9. The molecule has 0 unspecified atom stereocenters. The van der Waals surface area contributed by atoms with Crippen molar-refractivity contribution in [2.75, 3.05) is 5.73 Å². The number of rotatable bonds is 6. The van der Waals surface area contributed by atoms with E-state index in [0.29, 0.717) is 29.5 Å². The molecule has 1 aliphatic carbocycles. The van der Waals surface area contributed by atoms with Gasteiger partial charge in [-0.1, -0.05) is 41.4 Å². The summed E-state index contributed by atoms with van der Waals surface area (Å²) in [7, 11) is 0. The van der Waals surface area contributed by atoms with Crippen molar-refractivity contribution < 1.29 is 9.53 Å². The number of ether oxygens (including phenoxy) is 1. The Labute approximate surface area is 193 Å². The van der Waals surface area contributed by atoms with Gasteiger partial charge in [0.1, 0.15) is 5.75 Å². The number of pyridine rings is 2. The van der Waals surface area contributed by atoms with Crippen LogP contribution in [0.3, 0.4) is 0 Å². The largest absolute Gasteiger partial charge is 0.439 e. The van der Waals surface area contributed by atoms with E-state index in [-0.39, 0.29) is 10.9 Å². The highest BCUT2D eigenvalue weighted by molar-refractivity contribution is 6.31. The highest BCUT2D eigenvalue weighted by Crippen LogP contribution is 2.33. The first-order valence-electron chi connectivity index (χ1n) is 10.8. The summed E-state index contributed by atoms with van der Waals surface area (Å²) in [5.74, 6) is 1.81. The molecular weight excluding hydrogens is 422 g/mol. The number of hydrogen-bond acceptors (Lipinski definition) is 5. The van der Waals surface area contributed by atoms with Crippen LogP contribution in [0.1, 0.15) is 53.6 Å². The lowest BCUT2D eigenvalue weighted by atomic mass is 9.82. The summed E-state index contributed by atoms with van der Waals surface area (Å²) in [6, 6.07) is 13.5. The van der Waals surface area contributed by atoms with Gasteiger partial charge < -0.3 is 10.5 Å². The van der Waals surface area contributed by atoms with Crippen molar-refractivity contribution in [2.24, 2.45) is 5.92 Å². The molecule has 164 valence electrons. The molecule has 1 fully saturated rings. The quantitative estimate of drug-likeness (QED) is 0.337. The van der Waals surface area contributed by atoms with Crippen LogP contribution in [0, 0.1) is 12.8 Å². The molecular formula is C26H26ClN3O2. The van der Waals surface area contributed by atoms with Gasteiger partial charge in [-0.25, -0.2) is 9.97 Å². The molecule has 2 aromatic heterocycles. The summed E-state index contributed by atoms with van der Waals surface area (Å²) in [6.45, 7) is 2.00. The van der Waals surface area contributed by atoms with Gasteiger partial charge in [-0.05, 0) is 67.9 Å². The van der Waals surface area contributed by atoms with Crippen LogP contribution >= 0.6 is 11.6 Å². The molecule has 0 amide bonds. The standard InChI is InChI=1S/C26H26ClN3O2/c1-17-5-10-25(29-15-17)32-22-4-2-3-20(12-22)11-18-6-8-19(9-7-18)13-24(31)21-14-23(28)26(27)30-16-21/h2-5,10-12,14-16,19H,6-9,13,28H2,1H3. The fourth-order valence-corrected chi connectivity index (χ4v) is 4.04. The second-order valence-corrected chi connectivity index (χ2v) is 8.68. The molecule has 32 heavy (non-hydrogen) atoms. The van der Waals surface area contributed by atoms with Crippen LogP contribution in [0.25, 0.3) is 6.08 Å². The fraction of sp³-hybridized carbons (Fsp3) is 0.269. The Morgan fingerprint density at radius 3 is 2.69 bits per heavy atom. The predicted molar refractivity (Wildman–Crippen MR) is 128 cm³/mol. The third-order valence-electron chi connectivity index (χ3n) is 5.75. The van der Waals surface area contributed by atoms with E-state index in [1.165, 1.54) is 11.8 Å². The molecule has 0 radical (unpaired) electrons. The van der Waals surface area contributed by atoms with E-state index in [2.05, 4.69) is 22.1 Å². The van der Waals surface area contributed by atoms with Gasteiger partial charge >= 0.3 is 0 Å². The molecule has 0 spiro atoms. The van der Waals surface area contributed by atoms with Gasteiger partial charge in [0.2, 0.25) is 5.88 Å². The number of aryl methyl sites for hydroxylation is 1. The van der Waals surface area contributed by atoms with Crippen LogP contribution in [0.15, 0.2) is 60.4 Å². The molecule has 2 heterocycles. The highest BCUT2D eigenvalue weighted by Gasteiger charge is 2.21. The number of ketones is 1. The van der Waals surface area contributed by atoms with Gasteiger partial charge in [-0.3, -0.25) is 4.79 Å². The number of carbonyl (C=O) groups excluding carboxylic acids is 1. The van der Waals surface area contributed by atoms with E-state index in [9.17, 15) is 4.79 Å². The van der Waals surface area contributed by atoms with Crippen molar-refractivity contribution in [3.05, 3.63) is 82.3 Å². The lowest BCUT2D eigenvalue weighted by molar-refractivity contribution is 0.0953. The number of hydrogen-bond donors (Lipinski definition) is 1. The number of nitrogens with zero attached hydrogens (tertiary/aromatic N) is 2. The Hall–Kier alpha value is -3.18. The van der Waals surface area contributed by atoms with Gasteiger partial charge in [-0.15, -0.1) is 0 Å². The maximum atomic E-state index is 12.6. The number of Topliss-reactive ketones (excluding diaryl/α,β-unsaturated/α-hetero) is 1. The smallest absolute Gasteiger partial charge is 0.219 e. The summed E-state index contributed by atoms with van der Waals surface area (Å²) in [5.41, 5.74) is 10.3. The average molecular weight is 448 g/mol. The van der Waals surface area contributed by atoms with Crippen LogP contribution in [0.5, 0.6) is 11.6 Å². The lowest BCUT2D eigenvalue weighted by Crippen LogP contribution is -2.14.